The number of aliphatic hydroxyl groups is 3. The van der Waals surface area contributed by atoms with Gasteiger partial charge >= 0.3 is 0 Å². The molecule has 1 aromatic rings. The van der Waals surface area contributed by atoms with Crippen molar-refractivity contribution in [3.8, 4) is 5.75 Å². The van der Waals surface area contributed by atoms with Gasteiger partial charge in [0.25, 0.3) is 5.91 Å². The topological polar surface area (TPSA) is 182 Å². The van der Waals surface area contributed by atoms with Crippen LogP contribution in [0, 0.1) is 11.8 Å². The molecule has 4 rings (SSSR count). The van der Waals surface area contributed by atoms with Gasteiger partial charge in [0.2, 0.25) is 5.78 Å². The molecule has 1 aromatic carbocycles. The number of carbonyl (C=O) groups is 4. The number of allylic oxidation sites excluding steroid dienone is 1. The summed E-state index contributed by atoms with van der Waals surface area (Å²) >= 11 is 0. The zero-order chi connectivity index (χ0) is 28.4. The highest BCUT2D eigenvalue weighted by molar-refractivity contribution is 6.25. The third-order valence-corrected chi connectivity index (χ3v) is 8.18. The number of hydrogen-bond donors (Lipinski definition) is 5. The number of likely N-dealkylation sites (N-methyl/N-ethyl adjacent to an activating group) is 2. The number of carbonyl (C=O) groups excluding carboxylic acids is 4. The van der Waals surface area contributed by atoms with Gasteiger partial charge in [0.05, 0.1) is 18.2 Å². The number of phenolic OH excluding ortho intramolecular Hbond substituents is 1. The van der Waals surface area contributed by atoms with Crippen LogP contribution in [0.2, 0.25) is 0 Å². The number of primary amides is 1. The third-order valence-electron chi connectivity index (χ3n) is 8.18. The number of ketones is 3. The van der Waals surface area contributed by atoms with Gasteiger partial charge in [-0.15, -0.1) is 0 Å². The lowest BCUT2D eigenvalue weighted by atomic mass is 9.58. The number of phenols is 1. The predicted octanol–water partition coefficient (Wildman–Crippen LogP) is 0.644. The molecule has 0 radical (unpaired) electrons. The summed E-state index contributed by atoms with van der Waals surface area (Å²) in [6, 6.07) is 1.71. The highest BCUT2D eigenvalue weighted by Crippen LogP contribution is 2.52. The molecule has 11 nitrogen and oxygen atoms in total. The van der Waals surface area contributed by atoms with Crippen LogP contribution in [-0.4, -0.2) is 98.9 Å². The quantitative estimate of drug-likeness (QED) is 0.260. The number of aliphatic hydroxyl groups excluding tert-OH is 2. The van der Waals surface area contributed by atoms with E-state index in [1.807, 2.05) is 18.7 Å². The van der Waals surface area contributed by atoms with E-state index in [1.54, 1.807) is 21.1 Å². The molecule has 38 heavy (non-hydrogen) atoms. The lowest BCUT2D eigenvalue weighted by Gasteiger charge is -2.50. The van der Waals surface area contributed by atoms with Crippen molar-refractivity contribution in [3.63, 3.8) is 0 Å². The lowest BCUT2D eigenvalue weighted by Crippen LogP contribution is -2.63. The van der Waals surface area contributed by atoms with Crippen molar-refractivity contribution in [2.24, 2.45) is 17.6 Å². The summed E-state index contributed by atoms with van der Waals surface area (Å²) in [6.45, 7) is 3.95. The molecule has 0 unspecified atom stereocenters. The van der Waals surface area contributed by atoms with Gasteiger partial charge in [0.15, 0.2) is 17.2 Å². The van der Waals surface area contributed by atoms with Crippen LogP contribution in [0.15, 0.2) is 34.8 Å². The van der Waals surface area contributed by atoms with Gasteiger partial charge in [-0.1, -0.05) is 0 Å². The van der Waals surface area contributed by atoms with Gasteiger partial charge in [0.1, 0.15) is 22.8 Å². The molecule has 1 amide bonds. The molecule has 0 aromatic heterocycles. The fourth-order valence-electron chi connectivity index (χ4n) is 6.01. The Bertz CT molecular complexity index is 1330. The van der Waals surface area contributed by atoms with E-state index >= 15 is 0 Å². The molecular formula is C27H33N3O8. The van der Waals surface area contributed by atoms with Crippen LogP contribution < -0.4 is 5.73 Å². The maximum absolute atomic E-state index is 13.7. The monoisotopic (exact) mass is 527 g/mol. The van der Waals surface area contributed by atoms with Crippen LogP contribution in [0.3, 0.4) is 0 Å². The number of amides is 1. The molecule has 0 spiro atoms. The first kappa shape index (κ1) is 27.5. The van der Waals surface area contributed by atoms with Crippen LogP contribution in [0.25, 0.3) is 0 Å². The number of rotatable bonds is 6. The van der Waals surface area contributed by atoms with E-state index in [4.69, 9.17) is 5.73 Å². The first-order valence-electron chi connectivity index (χ1n) is 12.4. The number of nitrogens with two attached hydrogens (primary N) is 1. The van der Waals surface area contributed by atoms with Gasteiger partial charge in [-0.25, -0.2) is 0 Å². The smallest absolute Gasteiger partial charge is 0.255 e. The summed E-state index contributed by atoms with van der Waals surface area (Å²) in [6.07, 6.45) is 0.0242. The third kappa shape index (κ3) is 3.84. The second kappa shape index (κ2) is 9.33. The van der Waals surface area contributed by atoms with Gasteiger partial charge in [-0.2, -0.15) is 0 Å². The SMILES string of the molecule is CC(C)N(C)CC(=O)c1ccc(O)c2c1C[C@H]1C[C@H]3[C@H](N(C)C)C(O)=C(C(N)=O)C(=O)[C@@]3(O)C(O)=C1C2=O. The van der Waals surface area contributed by atoms with Crippen molar-refractivity contribution in [1.29, 1.82) is 0 Å². The van der Waals surface area contributed by atoms with E-state index in [-0.39, 0.29) is 47.9 Å². The fraction of sp³-hybridized carbons (Fsp3) is 0.481. The standard InChI is InChI=1S/C27H33N3O8/c1-11(2)30(5)10-17(32)13-6-7-16(31)19-14(13)8-12-9-15-21(29(3)4)23(34)20(26(28)37)25(36)27(15,38)24(35)18(12)22(19)33/h6-7,11-12,15,21,31,34-35,38H,8-10H2,1-5H3,(H2,28,37)/t12-,15-,21-,27-/m0/s1. The maximum Gasteiger partial charge on any atom is 0.255 e. The van der Waals surface area contributed by atoms with Crippen molar-refractivity contribution >= 4 is 23.3 Å². The minimum absolute atomic E-state index is 0.0407. The van der Waals surface area contributed by atoms with Gasteiger partial charge in [-0.05, 0) is 71.4 Å². The zero-order valence-corrected chi connectivity index (χ0v) is 22.0. The molecule has 3 aliphatic rings. The number of fused-ring (bicyclic) bond motifs is 3. The molecule has 0 saturated carbocycles. The number of nitrogens with zero attached hydrogens (tertiary/aromatic N) is 2. The molecule has 4 atom stereocenters. The van der Waals surface area contributed by atoms with Crippen molar-refractivity contribution in [3.05, 3.63) is 51.5 Å². The second-order valence-corrected chi connectivity index (χ2v) is 10.9. The number of benzene rings is 1. The molecule has 6 N–H and O–H groups in total. The van der Waals surface area contributed by atoms with E-state index in [0.29, 0.717) is 5.56 Å². The Hall–Kier alpha value is -3.54. The highest BCUT2D eigenvalue weighted by Gasteiger charge is 2.63. The van der Waals surface area contributed by atoms with Crippen molar-refractivity contribution in [2.75, 3.05) is 27.7 Å². The summed E-state index contributed by atoms with van der Waals surface area (Å²) in [4.78, 5) is 55.6. The summed E-state index contributed by atoms with van der Waals surface area (Å²) in [7, 11) is 4.92. The first-order valence-corrected chi connectivity index (χ1v) is 12.4. The number of Topliss-reactive ketones (excluding diaryl/α,β-unsaturated/α-hetero) is 3. The van der Waals surface area contributed by atoms with Crippen molar-refractivity contribution in [1.82, 2.24) is 9.80 Å². The van der Waals surface area contributed by atoms with E-state index in [9.17, 15) is 39.6 Å². The van der Waals surface area contributed by atoms with Gasteiger partial charge in [-0.3, -0.25) is 29.0 Å². The van der Waals surface area contributed by atoms with Crippen molar-refractivity contribution in [2.45, 2.75) is 44.4 Å². The largest absolute Gasteiger partial charge is 0.510 e. The average Bonchev–Trinajstić information content (AvgIpc) is 2.80. The Morgan fingerprint density at radius 1 is 1.13 bits per heavy atom. The van der Waals surface area contributed by atoms with Crippen LogP contribution in [0.1, 0.15) is 46.5 Å². The fourth-order valence-corrected chi connectivity index (χ4v) is 6.01. The molecule has 0 saturated heterocycles. The lowest BCUT2D eigenvalue weighted by molar-refractivity contribution is -0.148. The Labute approximate surface area is 219 Å². The van der Waals surface area contributed by atoms with E-state index < -0.39 is 63.8 Å². The first-order chi connectivity index (χ1) is 17.6. The molecule has 204 valence electrons. The average molecular weight is 528 g/mol. The summed E-state index contributed by atoms with van der Waals surface area (Å²) < 4.78 is 0. The van der Waals surface area contributed by atoms with E-state index in [1.165, 1.54) is 17.0 Å². The molecule has 0 heterocycles. The predicted molar refractivity (Wildman–Crippen MR) is 136 cm³/mol. The molecule has 3 aliphatic carbocycles. The minimum Gasteiger partial charge on any atom is -0.510 e. The van der Waals surface area contributed by atoms with Crippen LogP contribution in [0.4, 0.5) is 0 Å². The zero-order valence-electron chi connectivity index (χ0n) is 22.0. The van der Waals surface area contributed by atoms with Crippen LogP contribution in [-0.2, 0) is 16.0 Å². The molecule has 0 bridgehead atoms. The Morgan fingerprint density at radius 2 is 1.76 bits per heavy atom. The normalized spacial score (nSPS) is 27.1. The van der Waals surface area contributed by atoms with Crippen molar-refractivity contribution < 1.29 is 39.6 Å². The Kier molecular flexibility index (Phi) is 6.75. The molecule has 0 fully saturated rings. The molecule has 0 aliphatic heterocycles. The maximum atomic E-state index is 13.7. The van der Waals surface area contributed by atoms with Crippen LogP contribution in [0.5, 0.6) is 5.75 Å². The summed E-state index contributed by atoms with van der Waals surface area (Å²) in [5.74, 6) is -7.48. The summed E-state index contributed by atoms with van der Waals surface area (Å²) in [5, 5.41) is 44.4. The minimum atomic E-state index is -2.70. The molecular weight excluding hydrogens is 494 g/mol. The molecule has 11 heteroatoms. The number of aromatic hydroxyl groups is 1. The Balaban J connectivity index is 1.89. The van der Waals surface area contributed by atoms with Gasteiger partial charge in [0, 0.05) is 23.1 Å². The van der Waals surface area contributed by atoms with E-state index in [0.717, 1.165) is 0 Å². The number of hydrogen-bond acceptors (Lipinski definition) is 10. The van der Waals surface area contributed by atoms with Crippen LogP contribution >= 0.6 is 0 Å². The highest BCUT2D eigenvalue weighted by atomic mass is 16.3. The summed E-state index contributed by atoms with van der Waals surface area (Å²) in [5.41, 5.74) is 1.93. The second-order valence-electron chi connectivity index (χ2n) is 10.9. The Morgan fingerprint density at radius 3 is 2.32 bits per heavy atom. The van der Waals surface area contributed by atoms with E-state index in [2.05, 4.69) is 0 Å². The van der Waals surface area contributed by atoms with Gasteiger partial charge < -0.3 is 26.2 Å².